The zero-order chi connectivity index (χ0) is 18.4. The lowest BCUT2D eigenvalue weighted by Gasteiger charge is -2.11. The quantitative estimate of drug-likeness (QED) is 0.621. The number of nitrogens with zero attached hydrogens (tertiary/aromatic N) is 1. The number of aromatic nitrogens is 1. The highest BCUT2D eigenvalue weighted by Crippen LogP contribution is 2.23. The molecule has 1 amide bonds. The maximum absolute atomic E-state index is 12.5. The highest BCUT2D eigenvalue weighted by Gasteiger charge is 2.10. The van der Waals surface area contributed by atoms with E-state index in [4.69, 9.17) is 0 Å². The molecule has 0 fully saturated rings. The van der Waals surface area contributed by atoms with Crippen LogP contribution in [0.5, 0.6) is 0 Å². The normalized spacial score (nSPS) is 10.4. The molecule has 3 aromatic rings. The van der Waals surface area contributed by atoms with Crippen molar-refractivity contribution < 1.29 is 4.79 Å². The van der Waals surface area contributed by atoms with Gasteiger partial charge in [0.05, 0.1) is 0 Å². The highest BCUT2D eigenvalue weighted by molar-refractivity contribution is 8.00. The van der Waals surface area contributed by atoms with Gasteiger partial charge in [0.2, 0.25) is 0 Å². The van der Waals surface area contributed by atoms with Crippen molar-refractivity contribution in [2.45, 2.75) is 25.3 Å². The summed E-state index contributed by atoms with van der Waals surface area (Å²) in [6.07, 6.45) is 3.47. The Balaban J connectivity index is 1.64. The van der Waals surface area contributed by atoms with Crippen LogP contribution in [0.1, 0.15) is 27.0 Å². The summed E-state index contributed by atoms with van der Waals surface area (Å²) >= 11 is 1.53. The Morgan fingerprint density at radius 1 is 1.08 bits per heavy atom. The SMILES string of the molecule is Cc1ccc(SNc2ccc(C)c(C(=O)NCc3cccnc3)c2)cc1. The monoisotopic (exact) mass is 363 g/mol. The van der Waals surface area contributed by atoms with Crippen LogP contribution in [0.2, 0.25) is 0 Å². The smallest absolute Gasteiger partial charge is 0.251 e. The third kappa shape index (κ3) is 4.86. The summed E-state index contributed by atoms with van der Waals surface area (Å²) in [7, 11) is 0. The minimum absolute atomic E-state index is 0.0876. The van der Waals surface area contributed by atoms with Gasteiger partial charge in [0, 0.05) is 35.1 Å². The van der Waals surface area contributed by atoms with Gasteiger partial charge in [0.1, 0.15) is 0 Å². The molecule has 0 saturated heterocycles. The van der Waals surface area contributed by atoms with Crippen LogP contribution in [0.4, 0.5) is 5.69 Å². The first-order valence-corrected chi connectivity index (χ1v) is 9.21. The fourth-order valence-corrected chi connectivity index (χ4v) is 3.07. The van der Waals surface area contributed by atoms with Crippen molar-refractivity contribution in [3.8, 4) is 0 Å². The highest BCUT2D eigenvalue weighted by atomic mass is 32.2. The van der Waals surface area contributed by atoms with Crippen LogP contribution in [0.3, 0.4) is 0 Å². The number of aryl methyl sites for hydroxylation is 2. The molecular formula is C21H21N3OS. The number of carbonyl (C=O) groups is 1. The van der Waals surface area contributed by atoms with Gasteiger partial charge in [0.15, 0.2) is 0 Å². The van der Waals surface area contributed by atoms with Gasteiger partial charge < -0.3 is 10.0 Å². The molecule has 0 unspecified atom stereocenters. The molecule has 1 aromatic heterocycles. The average molecular weight is 363 g/mol. The lowest BCUT2D eigenvalue weighted by molar-refractivity contribution is 0.0950. The molecule has 0 radical (unpaired) electrons. The van der Waals surface area contributed by atoms with Gasteiger partial charge in [0.25, 0.3) is 5.91 Å². The van der Waals surface area contributed by atoms with E-state index in [2.05, 4.69) is 46.2 Å². The van der Waals surface area contributed by atoms with E-state index in [1.54, 1.807) is 12.4 Å². The minimum atomic E-state index is -0.0876. The first-order valence-electron chi connectivity index (χ1n) is 8.39. The average Bonchev–Trinajstić information content (AvgIpc) is 2.67. The molecule has 132 valence electrons. The zero-order valence-corrected chi connectivity index (χ0v) is 15.6. The molecule has 5 heteroatoms. The molecule has 4 nitrogen and oxygen atoms in total. The third-order valence-corrected chi connectivity index (χ3v) is 4.81. The summed E-state index contributed by atoms with van der Waals surface area (Å²) in [4.78, 5) is 17.7. The second-order valence-corrected chi connectivity index (χ2v) is 6.97. The van der Waals surface area contributed by atoms with Gasteiger partial charge in [-0.05, 0) is 67.3 Å². The van der Waals surface area contributed by atoms with Crippen LogP contribution < -0.4 is 10.0 Å². The summed E-state index contributed by atoms with van der Waals surface area (Å²) in [5.74, 6) is -0.0876. The Morgan fingerprint density at radius 3 is 2.62 bits per heavy atom. The number of amides is 1. The van der Waals surface area contributed by atoms with Crippen molar-refractivity contribution in [2.75, 3.05) is 4.72 Å². The Hall–Kier alpha value is -2.79. The van der Waals surface area contributed by atoms with Crippen LogP contribution in [0.25, 0.3) is 0 Å². The number of rotatable bonds is 6. The Kier molecular flexibility index (Phi) is 5.92. The fourth-order valence-electron chi connectivity index (χ4n) is 2.43. The summed E-state index contributed by atoms with van der Waals surface area (Å²) in [5.41, 5.74) is 4.72. The van der Waals surface area contributed by atoms with Crippen LogP contribution >= 0.6 is 11.9 Å². The Labute approximate surface area is 158 Å². The van der Waals surface area contributed by atoms with Gasteiger partial charge in [-0.25, -0.2) is 0 Å². The predicted octanol–water partition coefficient (Wildman–Crippen LogP) is 4.75. The topological polar surface area (TPSA) is 54.0 Å². The molecule has 0 bridgehead atoms. The van der Waals surface area contributed by atoms with E-state index in [0.29, 0.717) is 12.1 Å². The van der Waals surface area contributed by atoms with E-state index >= 15 is 0 Å². The van der Waals surface area contributed by atoms with Gasteiger partial charge in [-0.2, -0.15) is 0 Å². The van der Waals surface area contributed by atoms with E-state index in [0.717, 1.165) is 21.7 Å². The molecule has 0 aliphatic rings. The van der Waals surface area contributed by atoms with Crippen LogP contribution in [0.15, 0.2) is 71.9 Å². The van der Waals surface area contributed by atoms with E-state index in [1.807, 2.05) is 37.3 Å². The van der Waals surface area contributed by atoms with Crippen molar-refractivity contribution in [3.05, 3.63) is 89.2 Å². The lowest BCUT2D eigenvalue weighted by atomic mass is 10.1. The predicted molar refractivity (Wildman–Crippen MR) is 107 cm³/mol. The summed E-state index contributed by atoms with van der Waals surface area (Å²) in [5, 5.41) is 2.95. The van der Waals surface area contributed by atoms with Gasteiger partial charge >= 0.3 is 0 Å². The largest absolute Gasteiger partial charge is 0.348 e. The van der Waals surface area contributed by atoms with E-state index < -0.39 is 0 Å². The number of anilines is 1. The Bertz CT molecular complexity index is 880. The second kappa shape index (κ2) is 8.54. The number of carbonyl (C=O) groups excluding carboxylic acids is 1. The first-order chi connectivity index (χ1) is 12.6. The molecule has 2 N–H and O–H groups in total. The number of hydrogen-bond donors (Lipinski definition) is 2. The second-order valence-electron chi connectivity index (χ2n) is 6.09. The van der Waals surface area contributed by atoms with Crippen LogP contribution in [-0.2, 0) is 6.54 Å². The van der Waals surface area contributed by atoms with Crippen molar-refractivity contribution in [2.24, 2.45) is 0 Å². The van der Waals surface area contributed by atoms with Crippen LogP contribution in [-0.4, -0.2) is 10.9 Å². The van der Waals surface area contributed by atoms with Crippen molar-refractivity contribution in [3.63, 3.8) is 0 Å². The maximum Gasteiger partial charge on any atom is 0.251 e. The van der Waals surface area contributed by atoms with E-state index in [-0.39, 0.29) is 5.91 Å². The Morgan fingerprint density at radius 2 is 1.88 bits per heavy atom. The molecule has 3 rings (SSSR count). The van der Waals surface area contributed by atoms with Crippen LogP contribution in [0, 0.1) is 13.8 Å². The van der Waals surface area contributed by atoms with E-state index in [1.165, 1.54) is 17.5 Å². The molecule has 0 aliphatic heterocycles. The number of pyridine rings is 1. The molecule has 0 saturated carbocycles. The summed E-state index contributed by atoms with van der Waals surface area (Å²) in [6.45, 7) is 4.47. The first kappa shape index (κ1) is 18.0. The standard InChI is InChI=1S/C21H21N3OS/c1-15-5-9-19(10-6-15)26-24-18-8-7-16(2)20(12-18)21(25)23-14-17-4-3-11-22-13-17/h3-13,24H,14H2,1-2H3,(H,23,25). The molecule has 0 atom stereocenters. The molecule has 1 heterocycles. The van der Waals surface area contributed by atoms with Crippen molar-refractivity contribution >= 4 is 23.5 Å². The molecule has 26 heavy (non-hydrogen) atoms. The van der Waals surface area contributed by atoms with E-state index in [9.17, 15) is 4.79 Å². The summed E-state index contributed by atoms with van der Waals surface area (Å²) in [6, 6.07) is 17.9. The lowest BCUT2D eigenvalue weighted by Crippen LogP contribution is -2.23. The molecule has 0 spiro atoms. The minimum Gasteiger partial charge on any atom is -0.348 e. The van der Waals surface area contributed by atoms with Gasteiger partial charge in [-0.1, -0.05) is 29.8 Å². The van der Waals surface area contributed by atoms with Gasteiger partial charge in [-0.15, -0.1) is 0 Å². The fraction of sp³-hybridized carbons (Fsp3) is 0.143. The molecule has 0 aliphatic carbocycles. The van der Waals surface area contributed by atoms with Crippen molar-refractivity contribution in [1.82, 2.24) is 10.3 Å². The number of hydrogen-bond acceptors (Lipinski definition) is 4. The number of benzene rings is 2. The van der Waals surface area contributed by atoms with Gasteiger partial charge in [-0.3, -0.25) is 9.78 Å². The number of nitrogens with one attached hydrogen (secondary N) is 2. The zero-order valence-electron chi connectivity index (χ0n) is 14.8. The third-order valence-electron chi connectivity index (χ3n) is 3.97. The molecular weight excluding hydrogens is 342 g/mol. The molecule has 2 aromatic carbocycles. The van der Waals surface area contributed by atoms with Crippen molar-refractivity contribution in [1.29, 1.82) is 0 Å². The summed E-state index contributed by atoms with van der Waals surface area (Å²) < 4.78 is 3.30. The maximum atomic E-state index is 12.5.